The molecule has 1 aromatic rings. The van der Waals surface area contributed by atoms with E-state index in [0.717, 1.165) is 24.0 Å². The van der Waals surface area contributed by atoms with Crippen LogP contribution in [0.1, 0.15) is 51.0 Å². The standard InChI is InChI=1S/C19H29NO2/c1-14-6-9-19(10-7-14)11-8-18(19)20-13-15-4-5-16(21-2)17(12-15)22-3/h4-5,12,14,18,20H,6-11,13H2,1-3H3. The summed E-state index contributed by atoms with van der Waals surface area (Å²) in [7, 11) is 3.37. The third-order valence-electron chi connectivity index (χ3n) is 5.94. The Kier molecular flexibility index (Phi) is 4.62. The van der Waals surface area contributed by atoms with Gasteiger partial charge in [0.05, 0.1) is 14.2 Å². The van der Waals surface area contributed by atoms with Crippen molar-refractivity contribution in [3.8, 4) is 11.5 Å². The van der Waals surface area contributed by atoms with Crippen molar-refractivity contribution in [2.75, 3.05) is 14.2 Å². The Morgan fingerprint density at radius 1 is 1.05 bits per heavy atom. The lowest BCUT2D eigenvalue weighted by Gasteiger charge is -2.53. The van der Waals surface area contributed by atoms with E-state index in [0.29, 0.717) is 11.5 Å². The van der Waals surface area contributed by atoms with E-state index in [4.69, 9.17) is 9.47 Å². The van der Waals surface area contributed by atoms with Gasteiger partial charge >= 0.3 is 0 Å². The summed E-state index contributed by atoms with van der Waals surface area (Å²) < 4.78 is 10.7. The van der Waals surface area contributed by atoms with Gasteiger partial charge in [-0.2, -0.15) is 0 Å². The van der Waals surface area contributed by atoms with Crippen LogP contribution in [-0.4, -0.2) is 20.3 Å². The summed E-state index contributed by atoms with van der Waals surface area (Å²) in [4.78, 5) is 0. The lowest BCUT2D eigenvalue weighted by atomic mass is 9.56. The summed E-state index contributed by atoms with van der Waals surface area (Å²) in [5.74, 6) is 2.54. The number of hydrogen-bond acceptors (Lipinski definition) is 3. The number of hydrogen-bond donors (Lipinski definition) is 1. The fraction of sp³-hybridized carbons (Fsp3) is 0.684. The Labute approximate surface area is 134 Å². The summed E-state index contributed by atoms with van der Waals surface area (Å²) in [5, 5.41) is 3.80. The van der Waals surface area contributed by atoms with Crippen LogP contribution in [0, 0.1) is 11.3 Å². The average molecular weight is 303 g/mol. The van der Waals surface area contributed by atoms with Gasteiger partial charge in [0, 0.05) is 12.6 Å². The van der Waals surface area contributed by atoms with E-state index < -0.39 is 0 Å². The van der Waals surface area contributed by atoms with Crippen LogP contribution in [0.25, 0.3) is 0 Å². The van der Waals surface area contributed by atoms with Gasteiger partial charge in [-0.25, -0.2) is 0 Å². The van der Waals surface area contributed by atoms with Crippen LogP contribution >= 0.6 is 0 Å². The van der Waals surface area contributed by atoms with Crippen molar-refractivity contribution in [1.29, 1.82) is 0 Å². The first-order valence-corrected chi connectivity index (χ1v) is 8.61. The smallest absolute Gasteiger partial charge is 0.161 e. The number of benzene rings is 1. The van der Waals surface area contributed by atoms with Crippen LogP contribution in [0.5, 0.6) is 11.5 Å². The highest BCUT2D eigenvalue weighted by Crippen LogP contribution is 2.52. The van der Waals surface area contributed by atoms with Crippen molar-refractivity contribution in [1.82, 2.24) is 5.32 Å². The molecule has 1 spiro atoms. The van der Waals surface area contributed by atoms with Crippen LogP contribution in [-0.2, 0) is 6.54 Å². The molecule has 0 aliphatic heterocycles. The molecule has 0 saturated heterocycles. The molecule has 1 unspecified atom stereocenters. The monoisotopic (exact) mass is 303 g/mol. The molecule has 2 saturated carbocycles. The molecule has 3 nitrogen and oxygen atoms in total. The Bertz CT molecular complexity index is 506. The van der Waals surface area contributed by atoms with Crippen molar-refractivity contribution < 1.29 is 9.47 Å². The molecule has 1 N–H and O–H groups in total. The maximum Gasteiger partial charge on any atom is 0.161 e. The van der Waals surface area contributed by atoms with Crippen LogP contribution in [0.2, 0.25) is 0 Å². The van der Waals surface area contributed by atoms with E-state index >= 15 is 0 Å². The van der Waals surface area contributed by atoms with Gasteiger partial charge in [-0.15, -0.1) is 0 Å². The van der Waals surface area contributed by atoms with Gasteiger partial charge in [0.1, 0.15) is 0 Å². The van der Waals surface area contributed by atoms with Crippen molar-refractivity contribution in [3.05, 3.63) is 23.8 Å². The zero-order chi connectivity index (χ0) is 15.6. The molecule has 0 bridgehead atoms. The zero-order valence-electron chi connectivity index (χ0n) is 14.2. The first-order chi connectivity index (χ1) is 10.7. The van der Waals surface area contributed by atoms with Gasteiger partial charge in [0.15, 0.2) is 11.5 Å². The number of methoxy groups -OCH3 is 2. The Morgan fingerprint density at radius 3 is 2.32 bits per heavy atom. The molecule has 0 radical (unpaired) electrons. The van der Waals surface area contributed by atoms with Crippen LogP contribution in [0.4, 0.5) is 0 Å². The lowest BCUT2D eigenvalue weighted by Crippen LogP contribution is -2.54. The third kappa shape index (κ3) is 2.96. The second kappa shape index (κ2) is 6.49. The normalized spacial score (nSPS) is 30.9. The van der Waals surface area contributed by atoms with Gasteiger partial charge in [-0.1, -0.05) is 25.8 Å². The quantitative estimate of drug-likeness (QED) is 0.886. The SMILES string of the molecule is COc1ccc(CNC2CCC23CCC(C)CC3)cc1OC. The minimum absolute atomic E-state index is 0.600. The van der Waals surface area contributed by atoms with Crippen LogP contribution < -0.4 is 14.8 Å². The van der Waals surface area contributed by atoms with Crippen LogP contribution in [0.3, 0.4) is 0 Å². The molecule has 122 valence electrons. The topological polar surface area (TPSA) is 30.5 Å². The third-order valence-corrected chi connectivity index (χ3v) is 5.94. The van der Waals surface area contributed by atoms with Crippen molar-refractivity contribution >= 4 is 0 Å². The first-order valence-electron chi connectivity index (χ1n) is 8.61. The molecular formula is C19H29NO2. The molecule has 0 amide bonds. The Balaban J connectivity index is 1.59. The summed E-state index contributed by atoms with van der Waals surface area (Å²) in [5.41, 5.74) is 1.87. The minimum Gasteiger partial charge on any atom is -0.493 e. The summed E-state index contributed by atoms with van der Waals surface area (Å²) in [6.07, 6.45) is 8.41. The van der Waals surface area contributed by atoms with E-state index in [-0.39, 0.29) is 0 Å². The fourth-order valence-corrected chi connectivity index (χ4v) is 4.18. The number of ether oxygens (including phenoxy) is 2. The van der Waals surface area contributed by atoms with Gasteiger partial charge in [-0.3, -0.25) is 0 Å². The highest BCUT2D eigenvalue weighted by molar-refractivity contribution is 5.42. The molecule has 3 heteroatoms. The van der Waals surface area contributed by atoms with Gasteiger partial charge < -0.3 is 14.8 Å². The second-order valence-corrected chi connectivity index (χ2v) is 7.21. The molecule has 2 aliphatic rings. The van der Waals surface area contributed by atoms with E-state index in [1.54, 1.807) is 14.2 Å². The maximum atomic E-state index is 5.39. The van der Waals surface area contributed by atoms with E-state index in [9.17, 15) is 0 Å². The van der Waals surface area contributed by atoms with Crippen molar-refractivity contribution in [2.24, 2.45) is 11.3 Å². The zero-order valence-corrected chi connectivity index (χ0v) is 14.2. The summed E-state index contributed by atoms with van der Waals surface area (Å²) in [6.45, 7) is 3.32. The first kappa shape index (κ1) is 15.7. The Hall–Kier alpha value is -1.22. The van der Waals surface area contributed by atoms with Gasteiger partial charge in [0.2, 0.25) is 0 Å². The highest BCUT2D eigenvalue weighted by Gasteiger charge is 2.47. The largest absolute Gasteiger partial charge is 0.493 e. The minimum atomic E-state index is 0.600. The molecule has 2 aliphatic carbocycles. The summed E-state index contributed by atoms with van der Waals surface area (Å²) in [6, 6.07) is 6.91. The number of nitrogens with one attached hydrogen (secondary N) is 1. The molecule has 2 fully saturated rings. The summed E-state index contributed by atoms with van der Waals surface area (Å²) >= 11 is 0. The van der Waals surface area contributed by atoms with E-state index in [1.165, 1.54) is 44.1 Å². The van der Waals surface area contributed by atoms with Crippen LogP contribution in [0.15, 0.2) is 18.2 Å². The van der Waals surface area contributed by atoms with Crippen molar-refractivity contribution in [2.45, 2.75) is 58.0 Å². The molecule has 0 heterocycles. The predicted molar refractivity (Wildman–Crippen MR) is 89.5 cm³/mol. The lowest BCUT2D eigenvalue weighted by molar-refractivity contribution is 0.00923. The average Bonchev–Trinajstić information content (AvgIpc) is 2.54. The molecule has 0 aromatic heterocycles. The molecule has 1 aromatic carbocycles. The van der Waals surface area contributed by atoms with Gasteiger partial charge in [-0.05, 0) is 54.7 Å². The number of rotatable bonds is 5. The molecule has 22 heavy (non-hydrogen) atoms. The highest BCUT2D eigenvalue weighted by atomic mass is 16.5. The molecule has 1 atom stereocenters. The fourth-order valence-electron chi connectivity index (χ4n) is 4.18. The Morgan fingerprint density at radius 2 is 1.73 bits per heavy atom. The van der Waals surface area contributed by atoms with E-state index in [1.807, 2.05) is 6.07 Å². The van der Waals surface area contributed by atoms with E-state index in [2.05, 4.69) is 24.4 Å². The maximum absolute atomic E-state index is 5.39. The molecule has 3 rings (SSSR count). The van der Waals surface area contributed by atoms with Gasteiger partial charge in [0.25, 0.3) is 0 Å². The second-order valence-electron chi connectivity index (χ2n) is 7.21. The molecular weight excluding hydrogens is 274 g/mol. The predicted octanol–water partition coefficient (Wildman–Crippen LogP) is 4.15. The van der Waals surface area contributed by atoms with Crippen molar-refractivity contribution in [3.63, 3.8) is 0 Å².